The first-order valence-electron chi connectivity index (χ1n) is 7.01. The second-order valence-electron chi connectivity index (χ2n) is 5.09. The van der Waals surface area contributed by atoms with Gasteiger partial charge in [-0.05, 0) is 26.0 Å². The van der Waals surface area contributed by atoms with Gasteiger partial charge in [0.25, 0.3) is 0 Å². The molecule has 0 unspecified atom stereocenters. The van der Waals surface area contributed by atoms with Crippen LogP contribution in [-0.2, 0) is 24.3 Å². The molecule has 0 radical (unpaired) electrons. The number of ether oxygens (including phenoxy) is 1. The number of carbonyl (C=O) groups is 2. The van der Waals surface area contributed by atoms with Crippen molar-refractivity contribution in [3.8, 4) is 6.07 Å². The summed E-state index contributed by atoms with van der Waals surface area (Å²) < 4.78 is 44.3. The third kappa shape index (κ3) is 5.44. The average Bonchev–Trinajstić information content (AvgIpc) is 2.52. The zero-order valence-corrected chi connectivity index (χ0v) is 14.3. The van der Waals surface area contributed by atoms with E-state index >= 15 is 0 Å². The van der Waals surface area contributed by atoms with E-state index in [0.29, 0.717) is 0 Å². The Balaban J connectivity index is 2.72. The third-order valence-electron chi connectivity index (χ3n) is 3.05. The van der Waals surface area contributed by atoms with Crippen LogP contribution in [0.15, 0.2) is 29.2 Å². The van der Waals surface area contributed by atoms with Crippen LogP contribution in [0.1, 0.15) is 13.8 Å². The summed E-state index contributed by atoms with van der Waals surface area (Å²) in [6, 6.07) is 4.83. The molecule has 1 aromatic carbocycles. The summed E-state index contributed by atoms with van der Waals surface area (Å²) in [5.41, 5.74) is -0.197. The van der Waals surface area contributed by atoms with Crippen molar-refractivity contribution in [3.05, 3.63) is 30.1 Å². The summed E-state index contributed by atoms with van der Waals surface area (Å²) in [5.74, 6) is -4.19. The standard InChI is InChI=1S/C15H16FN3O5S/c1-9(18)11(7-17)13(20)8-24-15(21)10(2)19-25(22,23)14-6-4-3-5-12(14)16/h3-6,10-11,18-19H,8H2,1-2H3/t10-,11+/m0/s1. The number of benzene rings is 1. The van der Waals surface area contributed by atoms with Crippen LogP contribution in [-0.4, -0.2) is 38.5 Å². The number of hydrogen-bond donors (Lipinski definition) is 2. The highest BCUT2D eigenvalue weighted by atomic mass is 32.2. The molecule has 0 saturated carbocycles. The van der Waals surface area contributed by atoms with Gasteiger partial charge in [-0.15, -0.1) is 0 Å². The Morgan fingerprint density at radius 3 is 2.52 bits per heavy atom. The molecule has 0 heterocycles. The smallest absolute Gasteiger partial charge is 0.324 e. The quantitative estimate of drug-likeness (QED) is 0.513. The molecule has 0 fully saturated rings. The Morgan fingerprint density at radius 2 is 2.00 bits per heavy atom. The fourth-order valence-electron chi connectivity index (χ4n) is 1.77. The fourth-order valence-corrected chi connectivity index (χ4v) is 3.04. The van der Waals surface area contributed by atoms with E-state index in [2.05, 4.69) is 4.74 Å². The molecule has 0 saturated heterocycles. The molecule has 0 spiro atoms. The van der Waals surface area contributed by atoms with Crippen molar-refractivity contribution in [2.45, 2.75) is 24.8 Å². The van der Waals surface area contributed by atoms with E-state index < -0.39 is 51.1 Å². The molecular formula is C15H16FN3O5S. The lowest BCUT2D eigenvalue weighted by Crippen LogP contribution is -2.40. The van der Waals surface area contributed by atoms with Gasteiger partial charge in [-0.1, -0.05) is 12.1 Å². The van der Waals surface area contributed by atoms with E-state index in [1.54, 1.807) is 6.07 Å². The van der Waals surface area contributed by atoms with Crippen LogP contribution >= 0.6 is 0 Å². The molecule has 0 aromatic heterocycles. The Kier molecular flexibility index (Phi) is 6.90. The van der Waals surface area contributed by atoms with Crippen LogP contribution in [0.25, 0.3) is 0 Å². The van der Waals surface area contributed by atoms with Crippen molar-refractivity contribution < 1.29 is 27.1 Å². The molecule has 10 heteroatoms. The zero-order chi connectivity index (χ0) is 19.2. The lowest BCUT2D eigenvalue weighted by molar-refractivity contribution is -0.149. The molecule has 8 nitrogen and oxygen atoms in total. The van der Waals surface area contributed by atoms with Crippen LogP contribution in [0.3, 0.4) is 0 Å². The summed E-state index contributed by atoms with van der Waals surface area (Å²) in [7, 11) is -4.31. The Hall–Kier alpha value is -2.64. The number of Topliss-reactive ketones (excluding diaryl/α,β-unsaturated/α-hetero) is 1. The first-order valence-corrected chi connectivity index (χ1v) is 8.49. The topological polar surface area (TPSA) is 137 Å². The summed E-state index contributed by atoms with van der Waals surface area (Å²) in [6.45, 7) is 1.65. The van der Waals surface area contributed by atoms with E-state index in [-0.39, 0.29) is 5.71 Å². The second-order valence-corrected chi connectivity index (χ2v) is 6.77. The molecule has 2 N–H and O–H groups in total. The van der Waals surface area contributed by atoms with Crippen molar-refractivity contribution in [3.63, 3.8) is 0 Å². The summed E-state index contributed by atoms with van der Waals surface area (Å²) in [5, 5.41) is 16.0. The number of carbonyl (C=O) groups excluding carboxylic acids is 2. The number of sulfonamides is 1. The monoisotopic (exact) mass is 369 g/mol. The molecule has 0 bridgehead atoms. The lowest BCUT2D eigenvalue weighted by Gasteiger charge is -2.14. The number of halogens is 1. The number of nitriles is 1. The van der Waals surface area contributed by atoms with Gasteiger partial charge >= 0.3 is 5.97 Å². The van der Waals surface area contributed by atoms with E-state index in [0.717, 1.165) is 19.1 Å². The maximum atomic E-state index is 13.6. The van der Waals surface area contributed by atoms with Gasteiger partial charge in [-0.25, -0.2) is 12.8 Å². The van der Waals surface area contributed by atoms with Crippen molar-refractivity contribution in [1.82, 2.24) is 4.72 Å². The first kappa shape index (κ1) is 20.4. The van der Waals surface area contributed by atoms with Crippen LogP contribution in [0.4, 0.5) is 4.39 Å². The minimum Gasteiger partial charge on any atom is -0.456 e. The summed E-state index contributed by atoms with van der Waals surface area (Å²) in [4.78, 5) is 22.8. The van der Waals surface area contributed by atoms with Gasteiger partial charge in [0, 0.05) is 5.71 Å². The van der Waals surface area contributed by atoms with E-state index in [1.807, 2.05) is 4.72 Å². The van der Waals surface area contributed by atoms with E-state index in [9.17, 15) is 22.4 Å². The van der Waals surface area contributed by atoms with Crippen molar-refractivity contribution in [1.29, 1.82) is 10.7 Å². The normalized spacial score (nSPS) is 13.4. The van der Waals surface area contributed by atoms with Crippen LogP contribution in [0, 0.1) is 28.5 Å². The zero-order valence-electron chi connectivity index (χ0n) is 13.4. The number of nitrogens with zero attached hydrogens (tertiary/aromatic N) is 1. The highest BCUT2D eigenvalue weighted by molar-refractivity contribution is 7.89. The van der Waals surface area contributed by atoms with Gasteiger partial charge in [-0.2, -0.15) is 9.98 Å². The van der Waals surface area contributed by atoms with Crippen molar-refractivity contribution in [2.24, 2.45) is 5.92 Å². The first-order chi connectivity index (χ1) is 11.6. The second kappa shape index (κ2) is 8.46. The van der Waals surface area contributed by atoms with Gasteiger partial charge in [0.15, 0.2) is 12.4 Å². The fraction of sp³-hybridized carbons (Fsp3) is 0.333. The summed E-state index contributed by atoms with van der Waals surface area (Å²) in [6.07, 6.45) is 0. The van der Waals surface area contributed by atoms with Crippen LogP contribution < -0.4 is 4.72 Å². The van der Waals surface area contributed by atoms with Gasteiger partial charge in [-0.3, -0.25) is 9.59 Å². The number of nitrogens with one attached hydrogen (secondary N) is 2. The van der Waals surface area contributed by atoms with Crippen molar-refractivity contribution in [2.75, 3.05) is 6.61 Å². The SMILES string of the molecule is CC(=N)[C@@H](C#N)C(=O)COC(=O)[C@H](C)NS(=O)(=O)c1ccccc1F. The molecule has 1 aromatic rings. The number of hydrogen-bond acceptors (Lipinski definition) is 7. The van der Waals surface area contributed by atoms with Gasteiger partial charge in [0.05, 0.1) is 6.07 Å². The molecule has 0 amide bonds. The molecule has 2 atom stereocenters. The third-order valence-corrected chi connectivity index (χ3v) is 4.63. The molecular weight excluding hydrogens is 353 g/mol. The molecule has 134 valence electrons. The molecule has 1 rings (SSSR count). The van der Waals surface area contributed by atoms with E-state index in [1.165, 1.54) is 19.1 Å². The molecule has 25 heavy (non-hydrogen) atoms. The number of ketones is 1. The highest BCUT2D eigenvalue weighted by Crippen LogP contribution is 2.13. The lowest BCUT2D eigenvalue weighted by atomic mass is 10.0. The minimum absolute atomic E-state index is 0.197. The molecule has 0 aliphatic carbocycles. The van der Waals surface area contributed by atoms with Gasteiger partial charge < -0.3 is 10.1 Å². The minimum atomic E-state index is -4.31. The van der Waals surface area contributed by atoms with Gasteiger partial charge in [0.2, 0.25) is 10.0 Å². The van der Waals surface area contributed by atoms with E-state index in [4.69, 9.17) is 10.7 Å². The Morgan fingerprint density at radius 1 is 1.40 bits per heavy atom. The maximum absolute atomic E-state index is 13.6. The Labute approximate surface area is 144 Å². The van der Waals surface area contributed by atoms with Gasteiger partial charge in [0.1, 0.15) is 22.7 Å². The summed E-state index contributed by atoms with van der Waals surface area (Å²) >= 11 is 0. The van der Waals surface area contributed by atoms with Crippen molar-refractivity contribution >= 4 is 27.5 Å². The number of rotatable bonds is 8. The average molecular weight is 369 g/mol. The molecule has 0 aliphatic rings. The predicted octanol–water partition coefficient (Wildman–Crippen LogP) is 0.784. The molecule has 0 aliphatic heterocycles. The predicted molar refractivity (Wildman–Crippen MR) is 84.7 cm³/mol. The Bertz CT molecular complexity index is 832. The van der Waals surface area contributed by atoms with Crippen LogP contribution in [0.2, 0.25) is 0 Å². The maximum Gasteiger partial charge on any atom is 0.324 e. The van der Waals surface area contributed by atoms with Crippen LogP contribution in [0.5, 0.6) is 0 Å². The number of esters is 1. The largest absolute Gasteiger partial charge is 0.456 e. The highest BCUT2D eigenvalue weighted by Gasteiger charge is 2.27.